The molecule has 2 fully saturated rings. The van der Waals surface area contributed by atoms with Gasteiger partial charge in [-0.05, 0) is 56.0 Å². The SMILES string of the molecule is CC1CCNCC1CC1(C)CCCC1. The van der Waals surface area contributed by atoms with Gasteiger partial charge in [-0.2, -0.15) is 0 Å². The van der Waals surface area contributed by atoms with E-state index in [2.05, 4.69) is 19.2 Å². The molecule has 2 atom stereocenters. The molecule has 0 amide bonds. The van der Waals surface area contributed by atoms with Gasteiger partial charge in [0.05, 0.1) is 0 Å². The van der Waals surface area contributed by atoms with Gasteiger partial charge in [-0.15, -0.1) is 0 Å². The first-order valence-electron chi connectivity index (χ1n) is 6.40. The van der Waals surface area contributed by atoms with Crippen molar-refractivity contribution in [2.45, 2.75) is 52.4 Å². The van der Waals surface area contributed by atoms with Crippen LogP contribution in [0.4, 0.5) is 0 Å². The van der Waals surface area contributed by atoms with Crippen molar-refractivity contribution in [2.75, 3.05) is 13.1 Å². The van der Waals surface area contributed by atoms with Crippen LogP contribution in [0.15, 0.2) is 0 Å². The summed E-state index contributed by atoms with van der Waals surface area (Å²) >= 11 is 0. The Labute approximate surface area is 88.7 Å². The lowest BCUT2D eigenvalue weighted by Gasteiger charge is -2.36. The predicted octanol–water partition coefficient (Wildman–Crippen LogP) is 3.20. The van der Waals surface area contributed by atoms with Gasteiger partial charge in [0.25, 0.3) is 0 Å². The maximum atomic E-state index is 3.56. The average Bonchev–Trinajstić information content (AvgIpc) is 2.57. The molecule has 14 heavy (non-hydrogen) atoms. The van der Waals surface area contributed by atoms with Crippen molar-refractivity contribution in [1.82, 2.24) is 5.32 Å². The molecular weight excluding hydrogens is 170 g/mol. The van der Waals surface area contributed by atoms with Gasteiger partial charge in [-0.3, -0.25) is 0 Å². The van der Waals surface area contributed by atoms with E-state index < -0.39 is 0 Å². The van der Waals surface area contributed by atoms with Crippen LogP contribution < -0.4 is 5.32 Å². The number of piperidine rings is 1. The minimum Gasteiger partial charge on any atom is -0.316 e. The number of hydrogen-bond acceptors (Lipinski definition) is 1. The van der Waals surface area contributed by atoms with Gasteiger partial charge in [0, 0.05) is 0 Å². The molecule has 0 spiro atoms. The van der Waals surface area contributed by atoms with Crippen molar-refractivity contribution >= 4 is 0 Å². The summed E-state index contributed by atoms with van der Waals surface area (Å²) in [5.41, 5.74) is 0.692. The molecule has 2 aliphatic rings. The van der Waals surface area contributed by atoms with Crippen LogP contribution in [0.3, 0.4) is 0 Å². The van der Waals surface area contributed by atoms with E-state index in [0.29, 0.717) is 5.41 Å². The molecule has 1 nitrogen and oxygen atoms in total. The fraction of sp³-hybridized carbons (Fsp3) is 1.00. The van der Waals surface area contributed by atoms with Gasteiger partial charge in [0.1, 0.15) is 0 Å². The lowest BCUT2D eigenvalue weighted by Crippen LogP contribution is -2.37. The quantitative estimate of drug-likeness (QED) is 0.713. The molecule has 1 heteroatoms. The Kier molecular flexibility index (Phi) is 3.16. The van der Waals surface area contributed by atoms with E-state index in [1.54, 1.807) is 0 Å². The highest BCUT2D eigenvalue weighted by Gasteiger charge is 2.33. The number of nitrogens with one attached hydrogen (secondary N) is 1. The highest BCUT2D eigenvalue weighted by Crippen LogP contribution is 2.44. The molecule has 1 saturated heterocycles. The fourth-order valence-electron chi connectivity index (χ4n) is 3.39. The van der Waals surface area contributed by atoms with Crippen LogP contribution in [0.25, 0.3) is 0 Å². The zero-order chi connectivity index (χ0) is 10.0. The monoisotopic (exact) mass is 195 g/mol. The number of rotatable bonds is 2. The second-order valence-corrected chi connectivity index (χ2v) is 5.95. The first-order chi connectivity index (χ1) is 6.70. The fourth-order valence-corrected chi connectivity index (χ4v) is 3.39. The van der Waals surface area contributed by atoms with Crippen LogP contribution in [0.5, 0.6) is 0 Å². The Hall–Kier alpha value is -0.0400. The summed E-state index contributed by atoms with van der Waals surface area (Å²) in [6.45, 7) is 7.48. The third kappa shape index (κ3) is 2.31. The molecule has 2 rings (SSSR count). The Morgan fingerprint density at radius 3 is 2.64 bits per heavy atom. The third-order valence-electron chi connectivity index (χ3n) is 4.55. The molecule has 1 aliphatic heterocycles. The van der Waals surface area contributed by atoms with Crippen molar-refractivity contribution < 1.29 is 0 Å². The number of hydrogen-bond donors (Lipinski definition) is 1. The lowest BCUT2D eigenvalue weighted by molar-refractivity contribution is 0.171. The molecule has 0 aromatic carbocycles. The molecule has 1 heterocycles. The highest BCUT2D eigenvalue weighted by atomic mass is 14.9. The van der Waals surface area contributed by atoms with E-state index in [0.717, 1.165) is 11.8 Å². The second-order valence-electron chi connectivity index (χ2n) is 5.95. The van der Waals surface area contributed by atoms with Crippen molar-refractivity contribution in [3.63, 3.8) is 0 Å². The lowest BCUT2D eigenvalue weighted by atomic mass is 9.74. The summed E-state index contributed by atoms with van der Waals surface area (Å²) in [5.74, 6) is 1.90. The van der Waals surface area contributed by atoms with Gasteiger partial charge in [-0.25, -0.2) is 0 Å². The topological polar surface area (TPSA) is 12.0 Å². The summed E-state index contributed by atoms with van der Waals surface area (Å²) in [6.07, 6.45) is 8.78. The van der Waals surface area contributed by atoms with E-state index in [1.165, 1.54) is 51.6 Å². The summed E-state index contributed by atoms with van der Waals surface area (Å²) in [7, 11) is 0. The van der Waals surface area contributed by atoms with Crippen LogP contribution >= 0.6 is 0 Å². The maximum Gasteiger partial charge on any atom is -0.00178 e. The zero-order valence-electron chi connectivity index (χ0n) is 9.81. The normalized spacial score (nSPS) is 37.3. The summed E-state index contributed by atoms with van der Waals surface area (Å²) in [6, 6.07) is 0. The van der Waals surface area contributed by atoms with E-state index in [1.807, 2.05) is 0 Å². The Morgan fingerprint density at radius 1 is 1.29 bits per heavy atom. The summed E-state index contributed by atoms with van der Waals surface area (Å²) in [5, 5.41) is 3.56. The van der Waals surface area contributed by atoms with Crippen LogP contribution in [0.2, 0.25) is 0 Å². The van der Waals surface area contributed by atoms with Crippen LogP contribution in [-0.4, -0.2) is 13.1 Å². The Bertz CT molecular complexity index is 182. The minimum atomic E-state index is 0.692. The van der Waals surface area contributed by atoms with Crippen LogP contribution in [-0.2, 0) is 0 Å². The largest absolute Gasteiger partial charge is 0.316 e. The van der Waals surface area contributed by atoms with E-state index in [-0.39, 0.29) is 0 Å². The standard InChI is InChI=1S/C13H25N/c1-11-5-8-14-10-12(11)9-13(2)6-3-4-7-13/h11-12,14H,3-10H2,1-2H3. The maximum absolute atomic E-state index is 3.56. The van der Waals surface area contributed by atoms with Gasteiger partial charge in [0.15, 0.2) is 0 Å². The van der Waals surface area contributed by atoms with Gasteiger partial charge >= 0.3 is 0 Å². The molecule has 1 aliphatic carbocycles. The molecule has 82 valence electrons. The summed E-state index contributed by atoms with van der Waals surface area (Å²) in [4.78, 5) is 0. The van der Waals surface area contributed by atoms with E-state index in [9.17, 15) is 0 Å². The highest BCUT2D eigenvalue weighted by molar-refractivity contribution is 4.86. The first-order valence-corrected chi connectivity index (χ1v) is 6.40. The van der Waals surface area contributed by atoms with Crippen molar-refractivity contribution in [3.05, 3.63) is 0 Å². The Morgan fingerprint density at radius 2 is 2.00 bits per heavy atom. The zero-order valence-corrected chi connectivity index (χ0v) is 9.81. The van der Waals surface area contributed by atoms with Crippen molar-refractivity contribution in [1.29, 1.82) is 0 Å². The molecule has 0 aromatic heterocycles. The first kappa shape index (κ1) is 10.5. The molecule has 0 bridgehead atoms. The smallest absolute Gasteiger partial charge is 0.00178 e. The molecule has 1 N–H and O–H groups in total. The minimum absolute atomic E-state index is 0.692. The second kappa shape index (κ2) is 4.22. The predicted molar refractivity (Wildman–Crippen MR) is 61.3 cm³/mol. The van der Waals surface area contributed by atoms with Crippen LogP contribution in [0.1, 0.15) is 52.4 Å². The van der Waals surface area contributed by atoms with E-state index in [4.69, 9.17) is 0 Å². The molecule has 0 radical (unpaired) electrons. The van der Waals surface area contributed by atoms with Gasteiger partial charge in [0.2, 0.25) is 0 Å². The van der Waals surface area contributed by atoms with Crippen LogP contribution in [0, 0.1) is 17.3 Å². The average molecular weight is 195 g/mol. The van der Waals surface area contributed by atoms with Gasteiger partial charge < -0.3 is 5.32 Å². The summed E-state index contributed by atoms with van der Waals surface area (Å²) < 4.78 is 0. The molecule has 1 saturated carbocycles. The third-order valence-corrected chi connectivity index (χ3v) is 4.55. The molecular formula is C13H25N. The van der Waals surface area contributed by atoms with Crippen molar-refractivity contribution in [2.24, 2.45) is 17.3 Å². The van der Waals surface area contributed by atoms with E-state index >= 15 is 0 Å². The molecule has 2 unspecified atom stereocenters. The van der Waals surface area contributed by atoms with Crippen molar-refractivity contribution in [3.8, 4) is 0 Å². The Balaban J connectivity index is 1.88. The molecule has 0 aromatic rings. The van der Waals surface area contributed by atoms with Gasteiger partial charge in [-0.1, -0.05) is 26.7 Å².